The number of para-hydroxylation sites is 2. The van der Waals surface area contributed by atoms with Crippen LogP contribution >= 0.6 is 0 Å². The second-order valence-electron chi connectivity index (χ2n) is 14.0. The molecule has 2 fully saturated rings. The largest absolute Gasteiger partial charge is 0.497 e. The van der Waals surface area contributed by atoms with Crippen molar-refractivity contribution >= 4 is 48.0 Å². The van der Waals surface area contributed by atoms with Gasteiger partial charge in [0, 0.05) is 30.8 Å². The van der Waals surface area contributed by atoms with Crippen LogP contribution in [0.5, 0.6) is 11.5 Å². The Morgan fingerprint density at radius 3 is 2.54 bits per heavy atom. The van der Waals surface area contributed by atoms with Gasteiger partial charge in [-0.2, -0.15) is 0 Å². The number of carbonyl (C=O) groups is 3. The fourth-order valence-electron chi connectivity index (χ4n) is 8.78. The van der Waals surface area contributed by atoms with Gasteiger partial charge in [0.2, 0.25) is 5.91 Å². The molecule has 0 saturated carbocycles. The zero-order valence-electron chi connectivity index (χ0n) is 28.1. The molecule has 5 atom stereocenters. The fraction of sp³-hybridized carbons (Fsp3) is 0.432. The molecule has 11 heteroatoms. The summed E-state index contributed by atoms with van der Waals surface area (Å²) in [4.78, 5) is 47.0. The van der Waals surface area contributed by atoms with E-state index in [4.69, 9.17) is 14.2 Å². The maximum atomic E-state index is 14.6. The van der Waals surface area contributed by atoms with Gasteiger partial charge in [-0.05, 0) is 60.8 Å². The number of hydrogen-bond donors (Lipinski definition) is 1. The average Bonchev–Trinajstić information content (AvgIpc) is 3.75. The highest BCUT2D eigenvalue weighted by Crippen LogP contribution is 2.60. The lowest BCUT2D eigenvalue weighted by Gasteiger charge is -2.37. The Hall–Kier alpha value is -4.19. The second-order valence-corrected chi connectivity index (χ2v) is 18.7. The number of hydrogen-bond acceptors (Lipinski definition) is 7. The molecule has 3 amide bonds. The van der Waals surface area contributed by atoms with Crippen LogP contribution in [0.25, 0.3) is 0 Å². The van der Waals surface area contributed by atoms with E-state index in [9.17, 15) is 19.5 Å². The minimum Gasteiger partial charge on any atom is -0.497 e. The Labute approximate surface area is 282 Å². The van der Waals surface area contributed by atoms with Gasteiger partial charge >= 0.3 is 0 Å². The van der Waals surface area contributed by atoms with Crippen LogP contribution in [0.15, 0.2) is 66.7 Å². The van der Waals surface area contributed by atoms with E-state index in [1.807, 2.05) is 54.6 Å². The number of aliphatic hydroxyl groups is 1. The van der Waals surface area contributed by atoms with Crippen molar-refractivity contribution in [1.29, 1.82) is 0 Å². The molecule has 4 aliphatic heterocycles. The standard InChI is InChI=1S/C37H43N3O7Si/c1-23-35(48(4,5)27-15-13-26(45-3)14-16-27)32(20-33(42)39-18-8-9-25(39)21-41)47-37(23)28-19-24(12-17-29(28)38(2)36(37)44)40-30-10-6-7-11-31(30)46-22-34(40)43/h6-7,10-17,19,23,25,32,35,41H,8-9,18,20-22H2,1-5H3/t23-,25+,32+,35-,37+/m1/s1. The monoisotopic (exact) mass is 669 g/mol. The van der Waals surface area contributed by atoms with Gasteiger partial charge in [-0.25, -0.2) is 0 Å². The van der Waals surface area contributed by atoms with Crippen molar-refractivity contribution < 1.29 is 33.7 Å². The molecule has 3 aromatic rings. The molecule has 1 N–H and O–H groups in total. The minimum atomic E-state index is -2.46. The van der Waals surface area contributed by atoms with Crippen molar-refractivity contribution in [3.8, 4) is 11.5 Å². The van der Waals surface area contributed by atoms with Gasteiger partial charge in [0.15, 0.2) is 12.2 Å². The zero-order valence-corrected chi connectivity index (χ0v) is 29.1. The van der Waals surface area contributed by atoms with Crippen LogP contribution in [0.1, 0.15) is 31.7 Å². The smallest absolute Gasteiger partial charge is 0.269 e. The maximum absolute atomic E-state index is 14.6. The average molecular weight is 670 g/mol. The molecule has 2 saturated heterocycles. The van der Waals surface area contributed by atoms with Crippen molar-refractivity contribution in [3.05, 3.63) is 72.3 Å². The van der Waals surface area contributed by atoms with Crippen LogP contribution in [-0.2, 0) is 24.7 Å². The molecular weight excluding hydrogens is 627 g/mol. The van der Waals surface area contributed by atoms with Crippen LogP contribution in [0.2, 0.25) is 18.6 Å². The van der Waals surface area contributed by atoms with E-state index in [-0.39, 0.29) is 54.9 Å². The lowest BCUT2D eigenvalue weighted by atomic mass is 9.82. The van der Waals surface area contributed by atoms with Gasteiger partial charge in [0.05, 0.1) is 51.7 Å². The van der Waals surface area contributed by atoms with Gasteiger partial charge in [0.1, 0.15) is 11.5 Å². The number of nitrogens with zero attached hydrogens (tertiary/aromatic N) is 3. The number of amides is 3. The van der Waals surface area contributed by atoms with E-state index in [0.717, 1.165) is 24.3 Å². The third-order valence-corrected chi connectivity index (χ3v) is 15.6. The number of aliphatic hydroxyl groups excluding tert-OH is 1. The number of rotatable bonds is 7. The molecule has 1 spiro atoms. The predicted octanol–water partition coefficient (Wildman–Crippen LogP) is 4.32. The Balaban J connectivity index is 1.34. The maximum Gasteiger partial charge on any atom is 0.269 e. The van der Waals surface area contributed by atoms with E-state index >= 15 is 0 Å². The van der Waals surface area contributed by atoms with Crippen LogP contribution in [0.4, 0.5) is 17.1 Å². The number of anilines is 3. The lowest BCUT2D eigenvalue weighted by Crippen LogP contribution is -2.52. The second kappa shape index (κ2) is 12.0. The highest BCUT2D eigenvalue weighted by Gasteiger charge is 2.66. The van der Waals surface area contributed by atoms with Gasteiger partial charge < -0.3 is 29.1 Å². The highest BCUT2D eigenvalue weighted by molar-refractivity contribution is 6.91. The topological polar surface area (TPSA) is 109 Å². The molecule has 0 aliphatic carbocycles. The number of likely N-dealkylation sites (N-methyl/N-ethyl adjacent to an activating group) is 1. The van der Waals surface area contributed by atoms with Crippen LogP contribution < -0.4 is 24.5 Å². The molecule has 4 heterocycles. The summed E-state index contributed by atoms with van der Waals surface area (Å²) in [6, 6.07) is 21.0. The third-order valence-electron chi connectivity index (χ3n) is 11.2. The first kappa shape index (κ1) is 32.4. The van der Waals surface area contributed by atoms with Crippen molar-refractivity contribution in [2.75, 3.05) is 43.7 Å². The fourth-order valence-corrected chi connectivity index (χ4v) is 12.8. The van der Waals surface area contributed by atoms with Crippen molar-refractivity contribution in [2.45, 2.75) is 62.6 Å². The minimum absolute atomic E-state index is 0.0615. The van der Waals surface area contributed by atoms with Gasteiger partial charge in [-0.3, -0.25) is 19.3 Å². The Morgan fingerprint density at radius 2 is 1.81 bits per heavy atom. The number of ether oxygens (including phenoxy) is 3. The molecule has 4 aliphatic rings. The van der Waals surface area contributed by atoms with E-state index in [1.165, 1.54) is 5.19 Å². The number of methoxy groups -OCH3 is 1. The first-order valence-corrected chi connectivity index (χ1v) is 19.8. The van der Waals surface area contributed by atoms with E-state index < -0.39 is 19.8 Å². The Kier molecular flexibility index (Phi) is 8.12. The van der Waals surface area contributed by atoms with Crippen LogP contribution in [-0.4, -0.2) is 81.9 Å². The normalized spacial score (nSPS) is 26.6. The summed E-state index contributed by atoms with van der Waals surface area (Å²) < 4.78 is 18.3. The predicted molar refractivity (Wildman–Crippen MR) is 185 cm³/mol. The molecule has 7 rings (SSSR count). The van der Waals surface area contributed by atoms with Gasteiger partial charge in [-0.15, -0.1) is 0 Å². The van der Waals surface area contributed by atoms with E-state index in [2.05, 4.69) is 32.2 Å². The molecule has 0 unspecified atom stereocenters. The summed E-state index contributed by atoms with van der Waals surface area (Å²) in [5.74, 6) is 0.628. The number of benzene rings is 3. The van der Waals surface area contributed by atoms with Crippen molar-refractivity contribution in [2.24, 2.45) is 5.92 Å². The van der Waals surface area contributed by atoms with Gasteiger partial charge in [-0.1, -0.05) is 49.5 Å². The molecule has 3 aromatic carbocycles. The molecule has 252 valence electrons. The van der Waals surface area contributed by atoms with Gasteiger partial charge in [0.25, 0.3) is 11.8 Å². The van der Waals surface area contributed by atoms with E-state index in [0.29, 0.717) is 29.2 Å². The third kappa shape index (κ3) is 4.85. The number of fused-ring (bicyclic) bond motifs is 3. The lowest BCUT2D eigenvalue weighted by molar-refractivity contribution is -0.149. The summed E-state index contributed by atoms with van der Waals surface area (Å²) in [6.45, 7) is 7.09. The van der Waals surface area contributed by atoms with Crippen molar-refractivity contribution in [3.63, 3.8) is 0 Å². The van der Waals surface area contributed by atoms with E-state index in [1.54, 1.807) is 28.9 Å². The first-order valence-electron chi connectivity index (χ1n) is 16.7. The molecule has 0 radical (unpaired) electrons. The zero-order chi connectivity index (χ0) is 34.0. The SMILES string of the molecule is COc1ccc([Si](C)(C)[C@H]2[C@H](CC(=O)N3CCC[C@H]3CO)O[C@@]3(C(=O)N(C)c4ccc(N5C(=O)COc6ccccc65)cc43)[C@@H]2C)cc1. The van der Waals surface area contributed by atoms with Crippen molar-refractivity contribution in [1.82, 2.24) is 4.90 Å². The molecular formula is C37H43N3O7Si. The Bertz CT molecular complexity index is 1760. The van der Waals surface area contributed by atoms with Crippen LogP contribution in [0.3, 0.4) is 0 Å². The summed E-state index contributed by atoms with van der Waals surface area (Å²) in [6.07, 6.45) is 1.18. The summed E-state index contributed by atoms with van der Waals surface area (Å²) in [7, 11) is 0.941. The Morgan fingerprint density at radius 1 is 1.06 bits per heavy atom. The summed E-state index contributed by atoms with van der Waals surface area (Å²) in [5.41, 5.74) is 1.20. The summed E-state index contributed by atoms with van der Waals surface area (Å²) in [5, 5.41) is 11.2. The quantitative estimate of drug-likeness (QED) is 0.374. The number of likely N-dealkylation sites (tertiary alicyclic amines) is 1. The van der Waals surface area contributed by atoms with Crippen LogP contribution in [0, 0.1) is 5.92 Å². The molecule has 10 nitrogen and oxygen atoms in total. The highest BCUT2D eigenvalue weighted by atomic mass is 28.3. The first-order chi connectivity index (χ1) is 23.0. The molecule has 0 aromatic heterocycles. The number of carbonyl (C=O) groups excluding carboxylic acids is 3. The molecule has 0 bridgehead atoms. The molecule has 48 heavy (non-hydrogen) atoms. The summed E-state index contributed by atoms with van der Waals surface area (Å²) >= 11 is 0.